The molecule has 0 amide bonds. The Kier molecular flexibility index (Phi) is 4.92. The minimum absolute atomic E-state index is 0.0673. The van der Waals surface area contributed by atoms with Crippen molar-refractivity contribution in [3.05, 3.63) is 34.4 Å². The van der Waals surface area contributed by atoms with Crippen molar-refractivity contribution in [1.82, 2.24) is 4.72 Å². The van der Waals surface area contributed by atoms with Gasteiger partial charge in [-0.25, -0.2) is 13.1 Å². The monoisotopic (exact) mass is 314 g/mol. The van der Waals surface area contributed by atoms with Crippen LogP contribution in [0.2, 0.25) is 0 Å². The predicted molar refractivity (Wildman–Crippen MR) is 76.2 cm³/mol. The molecule has 0 heterocycles. The van der Waals surface area contributed by atoms with Crippen LogP contribution in [-0.2, 0) is 10.0 Å². The summed E-state index contributed by atoms with van der Waals surface area (Å²) in [4.78, 5) is 9.97. The van der Waals surface area contributed by atoms with Crippen LogP contribution in [0.5, 0.6) is 0 Å². The third kappa shape index (κ3) is 3.78. The Bertz CT molecular complexity index is 617. The minimum atomic E-state index is -3.82. The minimum Gasteiger partial charge on any atom is -0.396 e. The molecule has 2 rings (SSSR count). The number of rotatable bonds is 5. The van der Waals surface area contributed by atoms with Crippen LogP contribution < -0.4 is 4.72 Å². The summed E-state index contributed by atoms with van der Waals surface area (Å²) < 4.78 is 27.2. The van der Waals surface area contributed by atoms with Crippen LogP contribution in [0, 0.1) is 16.0 Å². The number of nitrogens with one attached hydrogen (secondary N) is 1. The second-order valence-corrected chi connectivity index (χ2v) is 6.92. The van der Waals surface area contributed by atoms with E-state index in [2.05, 4.69) is 4.72 Å². The molecule has 2 N–H and O–H groups in total. The molecule has 0 radical (unpaired) electrons. The second-order valence-electron chi connectivity index (χ2n) is 5.21. The zero-order valence-corrected chi connectivity index (χ0v) is 12.3. The Hall–Kier alpha value is -1.51. The van der Waals surface area contributed by atoms with Crippen LogP contribution in [0.25, 0.3) is 0 Å². The fourth-order valence-electron chi connectivity index (χ4n) is 2.61. The molecule has 1 aromatic rings. The number of hydrogen-bond acceptors (Lipinski definition) is 5. The zero-order chi connectivity index (χ0) is 15.5. The number of nitrogens with zero attached hydrogens (tertiary/aromatic N) is 1. The van der Waals surface area contributed by atoms with E-state index in [1.54, 1.807) is 0 Å². The third-order valence-corrected chi connectivity index (χ3v) is 5.28. The van der Waals surface area contributed by atoms with Gasteiger partial charge in [-0.15, -0.1) is 0 Å². The highest BCUT2D eigenvalue weighted by atomic mass is 32.2. The van der Waals surface area contributed by atoms with E-state index in [4.69, 9.17) is 0 Å². The highest BCUT2D eigenvalue weighted by Gasteiger charge is 2.29. The summed E-state index contributed by atoms with van der Waals surface area (Å²) in [6.45, 7) is -0.0673. The van der Waals surface area contributed by atoms with Gasteiger partial charge in [0.15, 0.2) is 0 Å². The summed E-state index contributed by atoms with van der Waals surface area (Å²) in [6, 6.07) is 4.63. The summed E-state index contributed by atoms with van der Waals surface area (Å²) in [5, 5.41) is 20.0. The molecule has 0 saturated heterocycles. The van der Waals surface area contributed by atoms with Crippen LogP contribution >= 0.6 is 0 Å². The number of benzene rings is 1. The summed E-state index contributed by atoms with van der Waals surface area (Å²) in [5.41, 5.74) is -0.264. The lowest BCUT2D eigenvalue weighted by atomic mass is 9.86. The van der Waals surface area contributed by atoms with E-state index in [1.165, 1.54) is 18.2 Å². The van der Waals surface area contributed by atoms with Gasteiger partial charge in [0.25, 0.3) is 5.69 Å². The van der Waals surface area contributed by atoms with E-state index >= 15 is 0 Å². The lowest BCUT2D eigenvalue weighted by Crippen LogP contribution is -2.43. The van der Waals surface area contributed by atoms with Gasteiger partial charge in [-0.05, 0) is 24.8 Å². The van der Waals surface area contributed by atoms with Crippen molar-refractivity contribution in [3.63, 3.8) is 0 Å². The molecule has 2 atom stereocenters. The summed E-state index contributed by atoms with van der Waals surface area (Å²) in [6.07, 6.45) is 3.32. The predicted octanol–water partition coefficient (Wildman–Crippen LogP) is 1.42. The van der Waals surface area contributed by atoms with Gasteiger partial charge in [0.05, 0.1) is 9.82 Å². The Morgan fingerprint density at radius 2 is 2.05 bits per heavy atom. The highest BCUT2D eigenvalue weighted by Crippen LogP contribution is 2.26. The van der Waals surface area contributed by atoms with E-state index < -0.39 is 14.9 Å². The molecule has 0 spiro atoms. The lowest BCUT2D eigenvalue weighted by Gasteiger charge is -2.30. The van der Waals surface area contributed by atoms with E-state index in [0.29, 0.717) is 6.42 Å². The van der Waals surface area contributed by atoms with Crippen molar-refractivity contribution >= 4 is 15.7 Å². The number of aliphatic hydroxyl groups excluding tert-OH is 1. The Morgan fingerprint density at radius 1 is 1.33 bits per heavy atom. The number of aliphatic hydroxyl groups is 1. The molecular weight excluding hydrogens is 296 g/mol. The molecule has 1 aliphatic rings. The van der Waals surface area contributed by atoms with Gasteiger partial charge < -0.3 is 5.11 Å². The summed E-state index contributed by atoms with van der Waals surface area (Å²) >= 11 is 0. The van der Waals surface area contributed by atoms with Crippen LogP contribution in [0.1, 0.15) is 25.7 Å². The van der Waals surface area contributed by atoms with Crippen LogP contribution in [0.15, 0.2) is 29.2 Å². The summed E-state index contributed by atoms with van der Waals surface area (Å²) in [7, 11) is -3.82. The topological polar surface area (TPSA) is 110 Å². The number of non-ortho nitro benzene ring substituents is 1. The Labute approximate surface area is 123 Å². The maximum atomic E-state index is 12.3. The van der Waals surface area contributed by atoms with Crippen molar-refractivity contribution in [2.75, 3.05) is 6.61 Å². The van der Waals surface area contributed by atoms with Crippen LogP contribution in [0.3, 0.4) is 0 Å². The summed E-state index contributed by atoms with van der Waals surface area (Å²) in [5.74, 6) is -0.104. The average Bonchev–Trinajstić information content (AvgIpc) is 2.47. The second kappa shape index (κ2) is 6.50. The van der Waals surface area contributed by atoms with E-state index in [1.807, 2.05) is 0 Å². The molecule has 116 valence electrons. The fraction of sp³-hybridized carbons (Fsp3) is 0.538. The molecule has 2 unspecified atom stereocenters. The largest absolute Gasteiger partial charge is 0.396 e. The van der Waals surface area contributed by atoms with Crippen molar-refractivity contribution in [2.24, 2.45) is 5.92 Å². The standard InChI is InChI=1S/C13H18N2O5S/c16-9-10-4-1-2-7-13(10)14-21(19,20)12-6-3-5-11(8-12)15(17)18/h3,5-6,8,10,13-14,16H,1-2,4,7,9H2. The molecular formula is C13H18N2O5S. The first kappa shape index (κ1) is 15.9. The Morgan fingerprint density at radius 3 is 2.71 bits per heavy atom. The SMILES string of the molecule is O=[N+]([O-])c1cccc(S(=O)(=O)NC2CCCCC2CO)c1. The quantitative estimate of drug-likeness (QED) is 0.631. The van der Waals surface area contributed by atoms with Gasteiger partial charge in [-0.3, -0.25) is 10.1 Å². The average molecular weight is 314 g/mol. The molecule has 1 aliphatic carbocycles. The fourth-order valence-corrected chi connectivity index (χ4v) is 3.99. The van der Waals surface area contributed by atoms with Crippen LogP contribution in [-0.4, -0.2) is 31.1 Å². The van der Waals surface area contributed by atoms with E-state index in [0.717, 1.165) is 25.3 Å². The molecule has 1 fully saturated rings. The molecule has 0 aliphatic heterocycles. The van der Waals surface area contributed by atoms with Gasteiger partial charge in [0, 0.05) is 24.8 Å². The van der Waals surface area contributed by atoms with Gasteiger partial charge in [0.1, 0.15) is 0 Å². The molecule has 0 bridgehead atoms. The van der Waals surface area contributed by atoms with Crippen LogP contribution in [0.4, 0.5) is 5.69 Å². The maximum absolute atomic E-state index is 12.3. The Balaban J connectivity index is 2.21. The van der Waals surface area contributed by atoms with Crippen molar-refractivity contribution in [2.45, 2.75) is 36.6 Å². The van der Waals surface area contributed by atoms with Crippen molar-refractivity contribution in [1.29, 1.82) is 0 Å². The first-order chi connectivity index (χ1) is 9.94. The molecule has 0 aromatic heterocycles. The van der Waals surface area contributed by atoms with Gasteiger partial charge in [0.2, 0.25) is 10.0 Å². The molecule has 8 heteroatoms. The maximum Gasteiger partial charge on any atom is 0.270 e. The molecule has 1 aromatic carbocycles. The molecule has 7 nitrogen and oxygen atoms in total. The van der Waals surface area contributed by atoms with Gasteiger partial charge in [-0.2, -0.15) is 0 Å². The third-order valence-electron chi connectivity index (χ3n) is 3.79. The lowest BCUT2D eigenvalue weighted by molar-refractivity contribution is -0.385. The number of sulfonamides is 1. The highest BCUT2D eigenvalue weighted by molar-refractivity contribution is 7.89. The normalized spacial score (nSPS) is 22.9. The van der Waals surface area contributed by atoms with Crippen molar-refractivity contribution in [3.8, 4) is 0 Å². The first-order valence-electron chi connectivity index (χ1n) is 6.81. The molecule has 21 heavy (non-hydrogen) atoms. The van der Waals surface area contributed by atoms with E-state index in [-0.39, 0.29) is 29.1 Å². The van der Waals surface area contributed by atoms with Gasteiger partial charge >= 0.3 is 0 Å². The van der Waals surface area contributed by atoms with Crippen molar-refractivity contribution < 1.29 is 18.4 Å². The first-order valence-corrected chi connectivity index (χ1v) is 8.30. The number of hydrogen-bond donors (Lipinski definition) is 2. The van der Waals surface area contributed by atoms with Gasteiger partial charge in [-0.1, -0.05) is 18.9 Å². The number of nitro groups is 1. The molecule has 1 saturated carbocycles. The van der Waals surface area contributed by atoms with E-state index in [9.17, 15) is 23.6 Å². The smallest absolute Gasteiger partial charge is 0.270 e. The zero-order valence-electron chi connectivity index (χ0n) is 11.4. The number of nitro benzene ring substituents is 1.